The first kappa shape index (κ1) is 16.3. The summed E-state index contributed by atoms with van der Waals surface area (Å²) in [5, 5.41) is 7.84. The molecule has 8 heteroatoms. The first-order valence-corrected chi connectivity index (χ1v) is 8.00. The Balaban J connectivity index is 1.62. The van der Waals surface area contributed by atoms with E-state index < -0.39 is 12.6 Å². The van der Waals surface area contributed by atoms with Gasteiger partial charge in [-0.1, -0.05) is 12.1 Å². The van der Waals surface area contributed by atoms with Crippen molar-refractivity contribution in [1.82, 2.24) is 19.6 Å². The number of hydrogen-bond acceptors (Lipinski definition) is 4. The van der Waals surface area contributed by atoms with Gasteiger partial charge in [0.15, 0.2) is 0 Å². The van der Waals surface area contributed by atoms with Crippen LogP contribution in [0.15, 0.2) is 55.0 Å². The number of pyridine rings is 1. The van der Waals surface area contributed by atoms with Gasteiger partial charge in [0.2, 0.25) is 5.95 Å². The SMILES string of the molecule is FC(F)(F)CCNc1ncc2c(-c3ccc4ncccc4c3)ccn2n1. The number of alkyl halides is 3. The maximum atomic E-state index is 12.2. The Bertz CT molecular complexity index is 1070. The second-order valence-corrected chi connectivity index (χ2v) is 5.84. The molecule has 4 aromatic rings. The highest BCUT2D eigenvalue weighted by Crippen LogP contribution is 2.28. The van der Waals surface area contributed by atoms with Crippen LogP contribution in [-0.2, 0) is 0 Å². The van der Waals surface area contributed by atoms with Gasteiger partial charge < -0.3 is 5.32 Å². The molecule has 0 unspecified atom stereocenters. The van der Waals surface area contributed by atoms with Crippen molar-refractivity contribution in [1.29, 1.82) is 0 Å². The number of aromatic nitrogens is 4. The molecular weight excluding hydrogens is 343 g/mol. The molecule has 132 valence electrons. The lowest BCUT2D eigenvalue weighted by Gasteiger charge is -2.08. The predicted octanol–water partition coefficient (Wildman–Crippen LogP) is 4.31. The van der Waals surface area contributed by atoms with E-state index in [1.807, 2.05) is 36.4 Å². The Labute approximate surface area is 146 Å². The van der Waals surface area contributed by atoms with Crippen molar-refractivity contribution in [3.63, 3.8) is 0 Å². The van der Waals surface area contributed by atoms with Crippen LogP contribution in [0.3, 0.4) is 0 Å². The molecular formula is C18H14F3N5. The summed E-state index contributed by atoms with van der Waals surface area (Å²) >= 11 is 0. The zero-order valence-electron chi connectivity index (χ0n) is 13.5. The van der Waals surface area contributed by atoms with Crippen LogP contribution in [0.4, 0.5) is 19.1 Å². The molecule has 0 atom stereocenters. The van der Waals surface area contributed by atoms with Crippen LogP contribution in [0.2, 0.25) is 0 Å². The number of anilines is 1. The number of rotatable bonds is 4. The van der Waals surface area contributed by atoms with Gasteiger partial charge in [0, 0.05) is 29.9 Å². The Morgan fingerprint density at radius 1 is 1.08 bits per heavy atom. The highest BCUT2D eigenvalue weighted by Gasteiger charge is 2.26. The van der Waals surface area contributed by atoms with Gasteiger partial charge in [0.1, 0.15) is 0 Å². The first-order chi connectivity index (χ1) is 12.5. The highest BCUT2D eigenvalue weighted by molar-refractivity contribution is 5.88. The molecule has 0 amide bonds. The van der Waals surface area contributed by atoms with Gasteiger partial charge in [-0.3, -0.25) is 4.98 Å². The minimum Gasteiger partial charge on any atom is -0.353 e. The van der Waals surface area contributed by atoms with Crippen LogP contribution in [0.25, 0.3) is 27.5 Å². The molecule has 0 aliphatic rings. The smallest absolute Gasteiger partial charge is 0.353 e. The molecule has 0 aliphatic heterocycles. The molecule has 3 heterocycles. The summed E-state index contributed by atoms with van der Waals surface area (Å²) in [5.41, 5.74) is 3.62. The minimum absolute atomic E-state index is 0.159. The summed E-state index contributed by atoms with van der Waals surface area (Å²) in [6.07, 6.45) is -0.0313. The lowest BCUT2D eigenvalue weighted by Crippen LogP contribution is -2.16. The van der Waals surface area contributed by atoms with Crippen LogP contribution in [0.5, 0.6) is 0 Å². The van der Waals surface area contributed by atoms with Crippen molar-refractivity contribution in [2.24, 2.45) is 0 Å². The summed E-state index contributed by atoms with van der Waals surface area (Å²) in [6, 6.07) is 11.7. The Morgan fingerprint density at radius 2 is 1.96 bits per heavy atom. The molecule has 0 saturated heterocycles. The molecule has 0 spiro atoms. The normalized spacial score (nSPS) is 12.0. The monoisotopic (exact) mass is 357 g/mol. The van der Waals surface area contributed by atoms with E-state index in [1.165, 1.54) is 0 Å². The Morgan fingerprint density at radius 3 is 2.81 bits per heavy atom. The van der Waals surface area contributed by atoms with Crippen molar-refractivity contribution in [3.8, 4) is 11.1 Å². The quantitative estimate of drug-likeness (QED) is 0.591. The summed E-state index contributed by atoms with van der Waals surface area (Å²) in [7, 11) is 0. The van der Waals surface area contributed by atoms with Crippen LogP contribution in [0, 0.1) is 0 Å². The maximum Gasteiger partial charge on any atom is 0.390 e. The standard InChI is InChI=1S/C18H14F3N5/c19-18(20,21)6-8-23-17-24-11-16-14(5-9-26(16)25-17)12-3-4-15-13(10-12)2-1-7-22-15/h1-5,7,9-11H,6,8H2,(H,23,25). The van der Waals surface area contributed by atoms with Crippen LogP contribution in [-0.4, -0.2) is 32.3 Å². The molecule has 0 saturated carbocycles. The number of halogens is 3. The molecule has 1 N–H and O–H groups in total. The predicted molar refractivity (Wildman–Crippen MR) is 92.9 cm³/mol. The zero-order chi connectivity index (χ0) is 18.1. The van der Waals surface area contributed by atoms with E-state index in [0.717, 1.165) is 27.5 Å². The molecule has 0 bridgehead atoms. The molecule has 0 fully saturated rings. The minimum atomic E-state index is -4.21. The highest BCUT2D eigenvalue weighted by atomic mass is 19.4. The number of hydrogen-bond donors (Lipinski definition) is 1. The van der Waals surface area contributed by atoms with E-state index >= 15 is 0 Å². The summed E-state index contributed by atoms with van der Waals surface area (Å²) in [6.45, 7) is -0.263. The van der Waals surface area contributed by atoms with Crippen molar-refractivity contribution in [2.75, 3.05) is 11.9 Å². The van der Waals surface area contributed by atoms with Gasteiger partial charge in [-0.25, -0.2) is 9.50 Å². The second-order valence-electron chi connectivity index (χ2n) is 5.84. The van der Waals surface area contributed by atoms with Gasteiger partial charge in [0.25, 0.3) is 0 Å². The Kier molecular flexibility index (Phi) is 3.95. The van der Waals surface area contributed by atoms with Crippen molar-refractivity contribution in [3.05, 3.63) is 55.0 Å². The van der Waals surface area contributed by atoms with Gasteiger partial charge in [-0.15, -0.1) is 5.10 Å². The molecule has 0 radical (unpaired) electrons. The van der Waals surface area contributed by atoms with E-state index in [0.29, 0.717) is 0 Å². The third kappa shape index (κ3) is 3.30. The fraction of sp³-hybridized carbons (Fsp3) is 0.167. The third-order valence-electron chi connectivity index (χ3n) is 4.02. The number of nitrogens with one attached hydrogen (secondary N) is 1. The van der Waals surface area contributed by atoms with E-state index in [4.69, 9.17) is 0 Å². The molecule has 3 aromatic heterocycles. The summed E-state index contributed by atoms with van der Waals surface area (Å²) in [4.78, 5) is 8.43. The molecule has 4 rings (SSSR count). The lowest BCUT2D eigenvalue weighted by atomic mass is 10.0. The fourth-order valence-corrected chi connectivity index (χ4v) is 2.78. The van der Waals surface area contributed by atoms with Crippen LogP contribution >= 0.6 is 0 Å². The number of nitrogens with zero attached hydrogens (tertiary/aromatic N) is 4. The van der Waals surface area contributed by atoms with Gasteiger partial charge >= 0.3 is 6.18 Å². The molecule has 0 aliphatic carbocycles. The van der Waals surface area contributed by atoms with E-state index in [1.54, 1.807) is 23.1 Å². The number of fused-ring (bicyclic) bond motifs is 2. The zero-order valence-corrected chi connectivity index (χ0v) is 13.5. The van der Waals surface area contributed by atoms with Crippen molar-refractivity contribution >= 4 is 22.4 Å². The van der Waals surface area contributed by atoms with Crippen molar-refractivity contribution in [2.45, 2.75) is 12.6 Å². The first-order valence-electron chi connectivity index (χ1n) is 8.00. The van der Waals surface area contributed by atoms with Gasteiger partial charge in [0.05, 0.1) is 23.7 Å². The average molecular weight is 357 g/mol. The number of benzene rings is 1. The topological polar surface area (TPSA) is 55.1 Å². The van der Waals surface area contributed by atoms with Gasteiger partial charge in [-0.2, -0.15) is 13.2 Å². The van der Waals surface area contributed by atoms with Crippen LogP contribution < -0.4 is 5.32 Å². The average Bonchev–Trinajstić information content (AvgIpc) is 3.03. The van der Waals surface area contributed by atoms with Crippen LogP contribution in [0.1, 0.15) is 6.42 Å². The fourth-order valence-electron chi connectivity index (χ4n) is 2.78. The Hall–Kier alpha value is -3.16. The summed E-state index contributed by atoms with van der Waals surface area (Å²) in [5.74, 6) is 0.159. The lowest BCUT2D eigenvalue weighted by molar-refractivity contribution is -0.131. The van der Waals surface area contributed by atoms with Crippen molar-refractivity contribution < 1.29 is 13.2 Å². The molecule has 26 heavy (non-hydrogen) atoms. The maximum absolute atomic E-state index is 12.2. The van der Waals surface area contributed by atoms with E-state index in [-0.39, 0.29) is 12.5 Å². The van der Waals surface area contributed by atoms with E-state index in [2.05, 4.69) is 20.4 Å². The largest absolute Gasteiger partial charge is 0.390 e. The van der Waals surface area contributed by atoms with Gasteiger partial charge in [-0.05, 0) is 29.8 Å². The summed E-state index contributed by atoms with van der Waals surface area (Å²) < 4.78 is 38.3. The molecule has 5 nitrogen and oxygen atoms in total. The third-order valence-corrected chi connectivity index (χ3v) is 4.02. The van der Waals surface area contributed by atoms with E-state index in [9.17, 15) is 13.2 Å². The second kappa shape index (κ2) is 6.29. The molecule has 1 aromatic carbocycles.